The van der Waals surface area contributed by atoms with Crippen LogP contribution in [-0.4, -0.2) is 22.2 Å². The van der Waals surface area contributed by atoms with E-state index in [1.165, 1.54) is 17.2 Å². The van der Waals surface area contributed by atoms with E-state index in [1.807, 2.05) is 6.07 Å². The number of amides is 1. The maximum absolute atomic E-state index is 14.3. The fraction of sp³-hybridized carbons (Fsp3) is 0.467. The SMILES string of the molecule is CC(=O)NCC[C@@H]1CCc2ccc3nn(C)c(F)c3c21. The largest absolute Gasteiger partial charge is 0.356 e. The molecule has 1 aliphatic rings. The van der Waals surface area contributed by atoms with E-state index in [1.54, 1.807) is 7.05 Å². The fourth-order valence-electron chi connectivity index (χ4n) is 3.19. The van der Waals surface area contributed by atoms with Crippen LogP contribution in [0.1, 0.15) is 36.8 Å². The van der Waals surface area contributed by atoms with Crippen molar-refractivity contribution >= 4 is 16.8 Å². The molecule has 3 rings (SSSR count). The standard InChI is InChI=1S/C15H18FN3O/c1-9(20)17-8-7-11-4-3-10-5-6-12-14(13(10)11)15(16)19(2)18-12/h5-6,11H,3-4,7-8H2,1-2H3,(H,17,20)/t11-/m0/s1. The molecule has 0 saturated heterocycles. The first-order valence-corrected chi connectivity index (χ1v) is 6.96. The van der Waals surface area contributed by atoms with Crippen LogP contribution in [0.15, 0.2) is 12.1 Å². The van der Waals surface area contributed by atoms with E-state index in [-0.39, 0.29) is 11.9 Å². The van der Waals surface area contributed by atoms with Crippen molar-refractivity contribution in [1.29, 1.82) is 0 Å². The fourth-order valence-corrected chi connectivity index (χ4v) is 3.19. The Morgan fingerprint density at radius 1 is 1.55 bits per heavy atom. The molecule has 0 unspecified atom stereocenters. The number of hydrogen-bond acceptors (Lipinski definition) is 2. The molecule has 20 heavy (non-hydrogen) atoms. The topological polar surface area (TPSA) is 46.9 Å². The molecule has 1 aromatic carbocycles. The zero-order valence-electron chi connectivity index (χ0n) is 11.7. The first-order chi connectivity index (χ1) is 9.58. The molecule has 0 fully saturated rings. The minimum absolute atomic E-state index is 0.0195. The predicted molar refractivity (Wildman–Crippen MR) is 75.0 cm³/mol. The normalized spacial score (nSPS) is 17.4. The third-order valence-electron chi connectivity index (χ3n) is 4.10. The summed E-state index contributed by atoms with van der Waals surface area (Å²) in [5.41, 5.74) is 3.03. The maximum Gasteiger partial charge on any atom is 0.219 e. The van der Waals surface area contributed by atoms with Gasteiger partial charge in [-0.25, -0.2) is 4.68 Å². The number of nitrogens with one attached hydrogen (secondary N) is 1. The second-order valence-corrected chi connectivity index (χ2v) is 5.45. The number of benzene rings is 1. The van der Waals surface area contributed by atoms with E-state index in [0.717, 1.165) is 30.3 Å². The van der Waals surface area contributed by atoms with Crippen LogP contribution in [0, 0.1) is 5.95 Å². The van der Waals surface area contributed by atoms with Crippen molar-refractivity contribution in [3.8, 4) is 0 Å². The summed E-state index contributed by atoms with van der Waals surface area (Å²) in [5, 5.41) is 7.68. The van der Waals surface area contributed by atoms with E-state index in [2.05, 4.69) is 16.5 Å². The second-order valence-electron chi connectivity index (χ2n) is 5.45. The molecule has 5 heteroatoms. The second kappa shape index (κ2) is 4.89. The number of aryl methyl sites for hydroxylation is 2. The molecule has 0 radical (unpaired) electrons. The van der Waals surface area contributed by atoms with E-state index < -0.39 is 0 Å². The summed E-state index contributed by atoms with van der Waals surface area (Å²) >= 11 is 0. The lowest BCUT2D eigenvalue weighted by molar-refractivity contribution is -0.118. The highest BCUT2D eigenvalue weighted by Crippen LogP contribution is 2.40. The Hall–Kier alpha value is -1.91. The van der Waals surface area contributed by atoms with Gasteiger partial charge in [0.2, 0.25) is 11.9 Å². The van der Waals surface area contributed by atoms with Crippen LogP contribution in [0.3, 0.4) is 0 Å². The number of nitrogens with zero attached hydrogens (tertiary/aromatic N) is 2. The number of halogens is 1. The van der Waals surface area contributed by atoms with Gasteiger partial charge >= 0.3 is 0 Å². The number of fused-ring (bicyclic) bond motifs is 3. The third kappa shape index (κ3) is 2.07. The molecule has 0 saturated carbocycles. The van der Waals surface area contributed by atoms with Crippen LogP contribution < -0.4 is 5.32 Å². The Morgan fingerprint density at radius 3 is 3.10 bits per heavy atom. The van der Waals surface area contributed by atoms with Crippen molar-refractivity contribution in [1.82, 2.24) is 15.1 Å². The van der Waals surface area contributed by atoms with Crippen LogP contribution in [0.25, 0.3) is 10.9 Å². The monoisotopic (exact) mass is 275 g/mol. The summed E-state index contributed by atoms with van der Waals surface area (Å²) < 4.78 is 15.6. The van der Waals surface area contributed by atoms with Gasteiger partial charge in [0.05, 0.1) is 10.9 Å². The molecule has 0 bridgehead atoms. The van der Waals surface area contributed by atoms with E-state index in [4.69, 9.17) is 0 Å². The van der Waals surface area contributed by atoms with Crippen LogP contribution >= 0.6 is 0 Å². The van der Waals surface area contributed by atoms with E-state index >= 15 is 0 Å². The minimum Gasteiger partial charge on any atom is -0.356 e. The van der Waals surface area contributed by atoms with Crippen LogP contribution in [-0.2, 0) is 18.3 Å². The van der Waals surface area contributed by atoms with Gasteiger partial charge in [0.25, 0.3) is 0 Å². The molecule has 1 heterocycles. The Bertz CT molecular complexity index is 677. The van der Waals surface area contributed by atoms with Gasteiger partial charge in [-0.1, -0.05) is 6.07 Å². The van der Waals surface area contributed by atoms with Gasteiger partial charge in [-0.15, -0.1) is 0 Å². The molecule has 106 valence electrons. The number of carbonyl (C=O) groups is 1. The smallest absolute Gasteiger partial charge is 0.219 e. The lowest BCUT2D eigenvalue weighted by Gasteiger charge is -2.12. The van der Waals surface area contributed by atoms with Crippen molar-refractivity contribution < 1.29 is 9.18 Å². The molecule has 2 aromatic rings. The van der Waals surface area contributed by atoms with Crippen molar-refractivity contribution in [3.63, 3.8) is 0 Å². The number of rotatable bonds is 3. The van der Waals surface area contributed by atoms with Gasteiger partial charge < -0.3 is 5.32 Å². The lowest BCUT2D eigenvalue weighted by Crippen LogP contribution is -2.22. The third-order valence-corrected chi connectivity index (χ3v) is 4.10. The highest BCUT2D eigenvalue weighted by atomic mass is 19.1. The Balaban J connectivity index is 1.96. The Labute approximate surface area is 117 Å². The first-order valence-electron chi connectivity index (χ1n) is 6.96. The van der Waals surface area contributed by atoms with E-state index in [9.17, 15) is 9.18 Å². The molecular weight excluding hydrogens is 257 g/mol. The number of hydrogen-bond donors (Lipinski definition) is 1. The summed E-state index contributed by atoms with van der Waals surface area (Å²) in [7, 11) is 1.63. The molecule has 0 aliphatic heterocycles. The predicted octanol–water partition coefficient (Wildman–Crippen LogP) is 2.27. The summed E-state index contributed by atoms with van der Waals surface area (Å²) in [6.45, 7) is 2.15. The molecule has 1 aromatic heterocycles. The molecule has 0 spiro atoms. The summed E-state index contributed by atoms with van der Waals surface area (Å²) in [6.07, 6.45) is 2.84. The summed E-state index contributed by atoms with van der Waals surface area (Å²) in [4.78, 5) is 10.9. The molecule has 1 aliphatic carbocycles. The summed E-state index contributed by atoms with van der Waals surface area (Å²) in [6, 6.07) is 3.95. The average molecular weight is 275 g/mol. The highest BCUT2D eigenvalue weighted by Gasteiger charge is 2.27. The first kappa shape index (κ1) is 13.1. The quantitative estimate of drug-likeness (QED) is 0.934. The number of aromatic nitrogens is 2. The van der Waals surface area contributed by atoms with Gasteiger partial charge in [-0.2, -0.15) is 9.49 Å². The highest BCUT2D eigenvalue weighted by molar-refractivity contribution is 5.85. The molecule has 1 atom stereocenters. The van der Waals surface area contributed by atoms with Crippen molar-refractivity contribution in [2.75, 3.05) is 6.54 Å². The Kier molecular flexibility index (Phi) is 3.20. The van der Waals surface area contributed by atoms with Crippen molar-refractivity contribution in [2.24, 2.45) is 7.05 Å². The minimum atomic E-state index is -0.261. The van der Waals surface area contributed by atoms with Crippen LogP contribution in [0.4, 0.5) is 4.39 Å². The average Bonchev–Trinajstić information content (AvgIpc) is 2.92. The van der Waals surface area contributed by atoms with Crippen molar-refractivity contribution in [3.05, 3.63) is 29.2 Å². The maximum atomic E-state index is 14.3. The van der Waals surface area contributed by atoms with Crippen LogP contribution in [0.2, 0.25) is 0 Å². The van der Waals surface area contributed by atoms with Crippen LogP contribution in [0.5, 0.6) is 0 Å². The molecule has 4 nitrogen and oxygen atoms in total. The van der Waals surface area contributed by atoms with Gasteiger partial charge in [0.15, 0.2) is 0 Å². The van der Waals surface area contributed by atoms with Gasteiger partial charge in [0, 0.05) is 20.5 Å². The van der Waals surface area contributed by atoms with E-state index in [0.29, 0.717) is 17.8 Å². The zero-order valence-corrected chi connectivity index (χ0v) is 11.7. The Morgan fingerprint density at radius 2 is 2.35 bits per heavy atom. The zero-order chi connectivity index (χ0) is 14.3. The van der Waals surface area contributed by atoms with Gasteiger partial charge in [0.1, 0.15) is 0 Å². The van der Waals surface area contributed by atoms with Gasteiger partial charge in [-0.3, -0.25) is 4.79 Å². The molecule has 1 amide bonds. The lowest BCUT2D eigenvalue weighted by atomic mass is 9.94. The van der Waals surface area contributed by atoms with Gasteiger partial charge in [-0.05, 0) is 42.4 Å². The summed E-state index contributed by atoms with van der Waals surface area (Å²) in [5.74, 6) is 0.0246. The van der Waals surface area contributed by atoms with Crippen molar-refractivity contribution in [2.45, 2.75) is 32.1 Å². The molecular formula is C15H18FN3O. The number of carbonyl (C=O) groups excluding carboxylic acids is 1. The molecule has 1 N–H and O–H groups in total.